The summed E-state index contributed by atoms with van der Waals surface area (Å²) in [5.74, 6) is 0.361. The van der Waals surface area contributed by atoms with Crippen LogP contribution in [0.1, 0.15) is 49.5 Å². The summed E-state index contributed by atoms with van der Waals surface area (Å²) in [6.07, 6.45) is 6.19. The number of rotatable bonds is 4. The van der Waals surface area contributed by atoms with Gasteiger partial charge in [0.25, 0.3) is 0 Å². The molecule has 0 spiro atoms. The number of carbonyl (C=O) groups excluding carboxylic acids is 1. The second kappa shape index (κ2) is 6.89. The molecule has 4 nitrogen and oxygen atoms in total. The van der Waals surface area contributed by atoms with Gasteiger partial charge in [0.05, 0.1) is 11.1 Å². The van der Waals surface area contributed by atoms with Crippen LogP contribution in [-0.4, -0.2) is 23.6 Å². The highest BCUT2D eigenvalue weighted by Gasteiger charge is 2.17. The molecule has 19 heavy (non-hydrogen) atoms. The van der Waals surface area contributed by atoms with Crippen LogP contribution in [0.25, 0.3) is 0 Å². The van der Waals surface area contributed by atoms with Gasteiger partial charge in [-0.05, 0) is 47.8 Å². The Bertz CT molecular complexity index is 445. The van der Waals surface area contributed by atoms with Gasteiger partial charge < -0.3 is 10.1 Å². The van der Waals surface area contributed by atoms with E-state index in [-0.39, 0.29) is 5.97 Å². The number of nitrogens with one attached hydrogen (secondary N) is 1. The normalized spacial score (nSPS) is 16.1. The third kappa shape index (κ3) is 3.93. The van der Waals surface area contributed by atoms with Crippen molar-refractivity contribution < 1.29 is 9.53 Å². The quantitative estimate of drug-likeness (QED) is 0.856. The molecule has 104 valence electrons. The second-order valence-electron chi connectivity index (χ2n) is 4.73. The SMILES string of the molecule is CCOC(=O)c1nc(NC2CCCCC2)ccc1Br. The molecule has 1 N–H and O–H groups in total. The van der Waals surface area contributed by atoms with Crippen LogP contribution in [0.3, 0.4) is 0 Å². The number of hydrogen-bond donors (Lipinski definition) is 1. The molecule has 1 aliphatic rings. The van der Waals surface area contributed by atoms with Crippen LogP contribution in [-0.2, 0) is 4.74 Å². The van der Waals surface area contributed by atoms with Crippen molar-refractivity contribution in [2.75, 3.05) is 11.9 Å². The molecule has 1 heterocycles. The number of hydrogen-bond acceptors (Lipinski definition) is 4. The maximum absolute atomic E-state index is 11.8. The first-order chi connectivity index (χ1) is 9.20. The molecular weight excluding hydrogens is 308 g/mol. The van der Waals surface area contributed by atoms with Gasteiger partial charge in [0, 0.05) is 6.04 Å². The van der Waals surface area contributed by atoms with Gasteiger partial charge in [0.15, 0.2) is 5.69 Å². The van der Waals surface area contributed by atoms with E-state index in [1.807, 2.05) is 12.1 Å². The van der Waals surface area contributed by atoms with Crippen molar-refractivity contribution >= 4 is 27.7 Å². The Labute approximate surface area is 122 Å². The van der Waals surface area contributed by atoms with Gasteiger partial charge in [-0.25, -0.2) is 9.78 Å². The largest absolute Gasteiger partial charge is 0.461 e. The zero-order chi connectivity index (χ0) is 13.7. The van der Waals surface area contributed by atoms with E-state index in [4.69, 9.17) is 4.74 Å². The summed E-state index contributed by atoms with van der Waals surface area (Å²) >= 11 is 3.34. The lowest BCUT2D eigenvalue weighted by Gasteiger charge is -2.23. The van der Waals surface area contributed by atoms with E-state index in [1.54, 1.807) is 6.92 Å². The molecule has 1 aromatic heterocycles. The summed E-state index contributed by atoms with van der Waals surface area (Å²) in [6.45, 7) is 2.14. The van der Waals surface area contributed by atoms with Crippen molar-refractivity contribution in [1.29, 1.82) is 0 Å². The molecule has 0 atom stereocenters. The first-order valence-electron chi connectivity index (χ1n) is 6.81. The van der Waals surface area contributed by atoms with Gasteiger partial charge >= 0.3 is 5.97 Å². The van der Waals surface area contributed by atoms with E-state index >= 15 is 0 Å². The molecule has 0 saturated heterocycles. The minimum absolute atomic E-state index is 0.336. The standard InChI is InChI=1S/C14H19BrN2O2/c1-2-19-14(18)13-11(15)8-9-12(17-13)16-10-6-4-3-5-7-10/h8-10H,2-7H2,1H3,(H,16,17). The first-order valence-corrected chi connectivity index (χ1v) is 7.60. The highest BCUT2D eigenvalue weighted by Crippen LogP contribution is 2.23. The van der Waals surface area contributed by atoms with Crippen LogP contribution in [0.4, 0.5) is 5.82 Å². The molecule has 1 aromatic rings. The van der Waals surface area contributed by atoms with E-state index in [0.29, 0.717) is 22.8 Å². The van der Waals surface area contributed by atoms with E-state index in [0.717, 1.165) is 5.82 Å². The molecule has 0 aromatic carbocycles. The smallest absolute Gasteiger partial charge is 0.358 e. The maximum atomic E-state index is 11.8. The molecular formula is C14H19BrN2O2. The van der Waals surface area contributed by atoms with Crippen molar-refractivity contribution in [2.45, 2.75) is 45.1 Å². The number of nitrogens with zero attached hydrogens (tertiary/aromatic N) is 1. The van der Waals surface area contributed by atoms with Crippen LogP contribution in [0.15, 0.2) is 16.6 Å². The van der Waals surface area contributed by atoms with Crippen molar-refractivity contribution in [3.63, 3.8) is 0 Å². The lowest BCUT2D eigenvalue weighted by Crippen LogP contribution is -2.23. The third-order valence-corrected chi connectivity index (χ3v) is 3.91. The second-order valence-corrected chi connectivity index (χ2v) is 5.58. The monoisotopic (exact) mass is 326 g/mol. The van der Waals surface area contributed by atoms with Gasteiger partial charge in [0.1, 0.15) is 5.82 Å². The summed E-state index contributed by atoms with van der Waals surface area (Å²) in [5.41, 5.74) is 0.336. The average Bonchev–Trinajstić information content (AvgIpc) is 2.42. The lowest BCUT2D eigenvalue weighted by molar-refractivity contribution is 0.0518. The molecule has 2 rings (SSSR count). The molecule has 0 radical (unpaired) electrons. The highest BCUT2D eigenvalue weighted by molar-refractivity contribution is 9.10. The number of pyridine rings is 1. The van der Waals surface area contributed by atoms with Crippen molar-refractivity contribution in [3.05, 3.63) is 22.3 Å². The van der Waals surface area contributed by atoms with Crippen LogP contribution in [0.2, 0.25) is 0 Å². The number of anilines is 1. The van der Waals surface area contributed by atoms with Crippen LogP contribution in [0.5, 0.6) is 0 Å². The third-order valence-electron chi connectivity index (χ3n) is 3.27. The maximum Gasteiger partial charge on any atom is 0.358 e. The summed E-state index contributed by atoms with van der Waals surface area (Å²) in [7, 11) is 0. The molecule has 1 saturated carbocycles. The topological polar surface area (TPSA) is 51.2 Å². The van der Waals surface area contributed by atoms with Crippen LogP contribution < -0.4 is 5.32 Å². The Kier molecular flexibility index (Phi) is 5.19. The van der Waals surface area contributed by atoms with Crippen LogP contribution >= 0.6 is 15.9 Å². The van der Waals surface area contributed by atoms with Gasteiger partial charge in [-0.3, -0.25) is 0 Å². The van der Waals surface area contributed by atoms with Gasteiger partial charge in [-0.15, -0.1) is 0 Å². The van der Waals surface area contributed by atoms with E-state index in [2.05, 4.69) is 26.2 Å². The molecule has 0 amide bonds. The number of carbonyl (C=O) groups is 1. The average molecular weight is 327 g/mol. The Morgan fingerprint density at radius 2 is 2.16 bits per heavy atom. The Morgan fingerprint density at radius 3 is 2.84 bits per heavy atom. The van der Waals surface area contributed by atoms with Gasteiger partial charge in [-0.1, -0.05) is 19.3 Å². The van der Waals surface area contributed by atoms with Crippen molar-refractivity contribution in [1.82, 2.24) is 4.98 Å². The summed E-state index contributed by atoms with van der Waals surface area (Å²) in [6, 6.07) is 4.20. The summed E-state index contributed by atoms with van der Waals surface area (Å²) in [4.78, 5) is 16.1. The number of esters is 1. The minimum atomic E-state index is -0.387. The Morgan fingerprint density at radius 1 is 1.42 bits per heavy atom. The number of aromatic nitrogens is 1. The predicted octanol–water partition coefficient (Wildman–Crippen LogP) is 3.77. The first kappa shape index (κ1) is 14.3. The number of halogens is 1. The lowest BCUT2D eigenvalue weighted by atomic mass is 9.95. The molecule has 0 bridgehead atoms. The summed E-state index contributed by atoms with van der Waals surface area (Å²) < 4.78 is 5.66. The molecule has 5 heteroatoms. The zero-order valence-electron chi connectivity index (χ0n) is 11.1. The van der Waals surface area contributed by atoms with E-state index in [1.165, 1.54) is 32.1 Å². The van der Waals surface area contributed by atoms with Crippen molar-refractivity contribution in [3.8, 4) is 0 Å². The fraction of sp³-hybridized carbons (Fsp3) is 0.571. The fourth-order valence-electron chi connectivity index (χ4n) is 2.32. The number of ether oxygens (including phenoxy) is 1. The molecule has 1 fully saturated rings. The summed E-state index contributed by atoms with van der Waals surface area (Å²) in [5, 5.41) is 3.41. The Hall–Kier alpha value is -1.10. The van der Waals surface area contributed by atoms with E-state index < -0.39 is 0 Å². The van der Waals surface area contributed by atoms with E-state index in [9.17, 15) is 4.79 Å². The molecule has 1 aliphatic carbocycles. The predicted molar refractivity (Wildman–Crippen MR) is 78.4 cm³/mol. The molecule has 0 unspecified atom stereocenters. The van der Waals surface area contributed by atoms with Gasteiger partial charge in [0.2, 0.25) is 0 Å². The highest BCUT2D eigenvalue weighted by atomic mass is 79.9. The Balaban J connectivity index is 2.08. The zero-order valence-corrected chi connectivity index (χ0v) is 12.7. The molecule has 0 aliphatic heterocycles. The van der Waals surface area contributed by atoms with Crippen molar-refractivity contribution in [2.24, 2.45) is 0 Å². The van der Waals surface area contributed by atoms with Crippen LogP contribution in [0, 0.1) is 0 Å². The minimum Gasteiger partial charge on any atom is -0.461 e. The fourth-order valence-corrected chi connectivity index (χ4v) is 2.70. The van der Waals surface area contributed by atoms with Gasteiger partial charge in [-0.2, -0.15) is 0 Å².